The molecule has 7 heteroatoms. The molecule has 0 atom stereocenters. The van der Waals surface area contributed by atoms with Gasteiger partial charge in [0, 0.05) is 0 Å². The maximum atomic E-state index is 11.4. The highest BCUT2D eigenvalue weighted by Gasteiger charge is 2.23. The van der Waals surface area contributed by atoms with Gasteiger partial charge in [-0.1, -0.05) is 19.3 Å². The summed E-state index contributed by atoms with van der Waals surface area (Å²) in [6, 6.07) is 0. The van der Waals surface area contributed by atoms with Crippen molar-refractivity contribution in [3.05, 3.63) is 0 Å². The van der Waals surface area contributed by atoms with E-state index in [2.05, 4.69) is 0 Å². The van der Waals surface area contributed by atoms with Crippen LogP contribution in [-0.4, -0.2) is 26.2 Å². The molecule has 0 heterocycles. The minimum Gasteiger partial charge on any atom is -0.299 e. The molecule has 1 aliphatic rings. The Labute approximate surface area is 101 Å². The van der Waals surface area contributed by atoms with Crippen LogP contribution < -0.4 is 4.72 Å². The van der Waals surface area contributed by atoms with Gasteiger partial charge in [0.05, 0.1) is 12.5 Å². The first-order chi connectivity index (χ1) is 7.89. The molecule has 98 valence electrons. The molecule has 0 aromatic rings. The van der Waals surface area contributed by atoms with E-state index in [1.807, 2.05) is 0 Å². The average Bonchev–Trinajstić information content (AvgIpc) is 2.15. The standard InChI is InChI=1S/C10H17NO5S/c1-8(12)7-10(13)11-17(14,15)16-9-5-3-2-4-6-9/h9H,2-7H2,1H3,(H,11,13). The lowest BCUT2D eigenvalue weighted by Crippen LogP contribution is -2.36. The molecule has 1 aliphatic carbocycles. The van der Waals surface area contributed by atoms with Crippen LogP contribution in [0.25, 0.3) is 0 Å². The van der Waals surface area contributed by atoms with Crippen molar-refractivity contribution in [2.75, 3.05) is 0 Å². The molecule has 1 amide bonds. The number of rotatable bonds is 5. The number of hydrogen-bond donors (Lipinski definition) is 1. The third-order valence-corrected chi connectivity index (χ3v) is 3.47. The summed E-state index contributed by atoms with van der Waals surface area (Å²) in [5.74, 6) is -1.25. The molecular formula is C10H17NO5S. The molecule has 1 N–H and O–H groups in total. The topological polar surface area (TPSA) is 89.5 Å². The third kappa shape index (κ3) is 5.78. The van der Waals surface area contributed by atoms with Crippen molar-refractivity contribution < 1.29 is 22.2 Å². The zero-order valence-corrected chi connectivity index (χ0v) is 10.6. The number of ketones is 1. The first kappa shape index (κ1) is 14.1. The summed E-state index contributed by atoms with van der Waals surface area (Å²) in [5, 5.41) is 0. The van der Waals surface area contributed by atoms with Crippen LogP contribution in [0, 0.1) is 0 Å². The molecule has 1 rings (SSSR count). The highest BCUT2D eigenvalue weighted by Crippen LogP contribution is 2.21. The van der Waals surface area contributed by atoms with Crippen LogP contribution in [0.4, 0.5) is 0 Å². The summed E-state index contributed by atoms with van der Waals surface area (Å²) in [6.45, 7) is 1.22. The Morgan fingerprint density at radius 1 is 1.24 bits per heavy atom. The quantitative estimate of drug-likeness (QED) is 0.736. The second-order valence-electron chi connectivity index (χ2n) is 4.21. The van der Waals surface area contributed by atoms with Gasteiger partial charge in [-0.05, 0) is 19.8 Å². The van der Waals surface area contributed by atoms with Crippen LogP contribution in [0.3, 0.4) is 0 Å². The number of carbonyl (C=O) groups is 2. The molecule has 0 spiro atoms. The van der Waals surface area contributed by atoms with E-state index in [-0.39, 0.29) is 6.10 Å². The zero-order chi connectivity index (χ0) is 12.9. The molecular weight excluding hydrogens is 246 g/mol. The van der Waals surface area contributed by atoms with E-state index in [4.69, 9.17) is 4.18 Å². The van der Waals surface area contributed by atoms with E-state index >= 15 is 0 Å². The van der Waals surface area contributed by atoms with Gasteiger partial charge < -0.3 is 0 Å². The second kappa shape index (κ2) is 6.11. The normalized spacial score (nSPS) is 17.7. The Hall–Kier alpha value is -0.950. The van der Waals surface area contributed by atoms with Crippen molar-refractivity contribution in [3.8, 4) is 0 Å². The molecule has 0 aromatic heterocycles. The summed E-state index contributed by atoms with van der Waals surface area (Å²) in [5.41, 5.74) is 0. The van der Waals surface area contributed by atoms with Gasteiger partial charge in [0.25, 0.3) is 0 Å². The van der Waals surface area contributed by atoms with Gasteiger partial charge in [-0.15, -0.1) is 0 Å². The van der Waals surface area contributed by atoms with E-state index < -0.39 is 28.4 Å². The first-order valence-electron chi connectivity index (χ1n) is 5.62. The van der Waals surface area contributed by atoms with Gasteiger partial charge in [-0.25, -0.2) is 4.72 Å². The fraction of sp³-hybridized carbons (Fsp3) is 0.800. The summed E-state index contributed by atoms with van der Waals surface area (Å²) < 4.78 is 29.4. The number of amides is 1. The van der Waals surface area contributed by atoms with E-state index in [1.165, 1.54) is 6.92 Å². The van der Waals surface area contributed by atoms with Crippen LogP contribution in [0.2, 0.25) is 0 Å². The van der Waals surface area contributed by atoms with Crippen molar-refractivity contribution in [1.29, 1.82) is 0 Å². The molecule has 1 fully saturated rings. The maximum Gasteiger partial charge on any atom is 0.362 e. The Kier molecular flexibility index (Phi) is 5.07. The predicted octanol–water partition coefficient (Wildman–Crippen LogP) is 0.676. The Morgan fingerprint density at radius 3 is 2.35 bits per heavy atom. The highest BCUT2D eigenvalue weighted by molar-refractivity contribution is 7.85. The number of hydrogen-bond acceptors (Lipinski definition) is 5. The van der Waals surface area contributed by atoms with Gasteiger partial charge in [0.1, 0.15) is 5.78 Å². The zero-order valence-electron chi connectivity index (χ0n) is 9.77. The van der Waals surface area contributed by atoms with Crippen molar-refractivity contribution in [1.82, 2.24) is 4.72 Å². The minimum absolute atomic E-state index is 0.355. The Bertz CT molecular complexity index is 384. The molecule has 17 heavy (non-hydrogen) atoms. The van der Waals surface area contributed by atoms with E-state index in [9.17, 15) is 18.0 Å². The summed E-state index contributed by atoms with van der Waals surface area (Å²) in [7, 11) is -4.08. The largest absolute Gasteiger partial charge is 0.362 e. The highest BCUT2D eigenvalue weighted by atomic mass is 32.2. The molecule has 0 bridgehead atoms. The van der Waals surface area contributed by atoms with E-state index in [0.29, 0.717) is 12.8 Å². The van der Waals surface area contributed by atoms with E-state index in [0.717, 1.165) is 19.3 Å². The van der Waals surface area contributed by atoms with Gasteiger partial charge in [0.15, 0.2) is 0 Å². The van der Waals surface area contributed by atoms with Crippen molar-refractivity contribution in [2.45, 2.75) is 51.6 Å². The smallest absolute Gasteiger partial charge is 0.299 e. The van der Waals surface area contributed by atoms with Crippen LogP contribution in [0.1, 0.15) is 45.4 Å². The van der Waals surface area contributed by atoms with Crippen LogP contribution in [-0.2, 0) is 24.1 Å². The SMILES string of the molecule is CC(=O)CC(=O)NS(=O)(=O)OC1CCCCC1. The van der Waals surface area contributed by atoms with Crippen molar-refractivity contribution >= 4 is 22.0 Å². The fourth-order valence-corrected chi connectivity index (χ4v) is 2.72. The molecule has 0 radical (unpaired) electrons. The third-order valence-electron chi connectivity index (χ3n) is 2.46. The fourth-order valence-electron chi connectivity index (χ4n) is 1.77. The van der Waals surface area contributed by atoms with Gasteiger partial charge in [0.2, 0.25) is 5.91 Å². The monoisotopic (exact) mass is 263 g/mol. The molecule has 0 aromatic carbocycles. The molecule has 0 saturated heterocycles. The molecule has 6 nitrogen and oxygen atoms in total. The lowest BCUT2D eigenvalue weighted by molar-refractivity contribution is -0.126. The van der Waals surface area contributed by atoms with E-state index in [1.54, 1.807) is 4.72 Å². The Morgan fingerprint density at radius 2 is 1.82 bits per heavy atom. The van der Waals surface area contributed by atoms with Crippen molar-refractivity contribution in [2.24, 2.45) is 0 Å². The van der Waals surface area contributed by atoms with Crippen molar-refractivity contribution in [3.63, 3.8) is 0 Å². The van der Waals surface area contributed by atoms with Crippen LogP contribution in [0.5, 0.6) is 0 Å². The number of Topliss-reactive ketones (excluding diaryl/α,β-unsaturated/α-hetero) is 1. The first-order valence-corrected chi connectivity index (χ1v) is 7.03. The maximum absolute atomic E-state index is 11.4. The molecule has 0 aliphatic heterocycles. The van der Waals surface area contributed by atoms with Crippen LogP contribution in [0.15, 0.2) is 0 Å². The lowest BCUT2D eigenvalue weighted by Gasteiger charge is -2.21. The number of carbonyl (C=O) groups excluding carboxylic acids is 2. The summed E-state index contributed by atoms with van der Waals surface area (Å²) in [4.78, 5) is 21.8. The van der Waals surface area contributed by atoms with Gasteiger partial charge in [-0.3, -0.25) is 13.8 Å². The Balaban J connectivity index is 2.44. The minimum atomic E-state index is -4.08. The van der Waals surface area contributed by atoms with Gasteiger partial charge in [-0.2, -0.15) is 8.42 Å². The summed E-state index contributed by atoms with van der Waals surface area (Å²) >= 11 is 0. The summed E-state index contributed by atoms with van der Waals surface area (Å²) in [6.07, 6.45) is 3.50. The predicted molar refractivity (Wildman–Crippen MR) is 60.3 cm³/mol. The second-order valence-corrected chi connectivity index (χ2v) is 5.52. The average molecular weight is 263 g/mol. The molecule has 1 saturated carbocycles. The van der Waals surface area contributed by atoms with Crippen LogP contribution >= 0.6 is 0 Å². The number of nitrogens with one attached hydrogen (secondary N) is 1. The van der Waals surface area contributed by atoms with Gasteiger partial charge >= 0.3 is 10.3 Å². The molecule has 0 unspecified atom stereocenters. The lowest BCUT2D eigenvalue weighted by atomic mass is 9.98.